The van der Waals surface area contributed by atoms with Gasteiger partial charge in [-0.25, -0.2) is 0 Å². The second kappa shape index (κ2) is 7.55. The van der Waals surface area contributed by atoms with Gasteiger partial charge in [0, 0.05) is 32.4 Å². The first-order valence-electron chi connectivity index (χ1n) is 6.56. The number of non-ortho nitro benzene ring substituents is 1. The molecule has 114 valence electrons. The van der Waals surface area contributed by atoms with Crippen molar-refractivity contribution in [2.24, 2.45) is 0 Å². The molecule has 0 aliphatic heterocycles. The van der Waals surface area contributed by atoms with E-state index >= 15 is 0 Å². The second-order valence-electron chi connectivity index (χ2n) is 4.31. The maximum absolute atomic E-state index is 10.7. The van der Waals surface area contributed by atoms with Crippen molar-refractivity contribution in [1.29, 1.82) is 0 Å². The summed E-state index contributed by atoms with van der Waals surface area (Å²) in [6.45, 7) is 2.41. The quantitative estimate of drug-likeness (QED) is 0.430. The van der Waals surface area contributed by atoms with Crippen molar-refractivity contribution >= 4 is 22.8 Å². The van der Waals surface area contributed by atoms with Gasteiger partial charge in [0.1, 0.15) is 5.52 Å². The first-order chi connectivity index (χ1) is 10.2. The largest absolute Gasteiger partial charge is 0.424 e. The van der Waals surface area contributed by atoms with E-state index in [1.165, 1.54) is 12.1 Å². The van der Waals surface area contributed by atoms with Crippen LogP contribution in [0.1, 0.15) is 6.42 Å². The Morgan fingerprint density at radius 1 is 1.38 bits per heavy atom. The number of ether oxygens (including phenoxy) is 2. The average Bonchev–Trinajstić information content (AvgIpc) is 2.88. The molecular formula is C13H17N3O5. The number of nitro groups is 1. The van der Waals surface area contributed by atoms with Crippen LogP contribution in [0, 0.1) is 10.1 Å². The smallest absolute Gasteiger partial charge is 0.295 e. The lowest BCUT2D eigenvalue weighted by Gasteiger charge is -2.03. The molecule has 0 amide bonds. The van der Waals surface area contributed by atoms with Crippen LogP contribution in [0.25, 0.3) is 11.1 Å². The van der Waals surface area contributed by atoms with Crippen molar-refractivity contribution in [3.05, 3.63) is 28.3 Å². The van der Waals surface area contributed by atoms with Gasteiger partial charge in [0.2, 0.25) is 0 Å². The van der Waals surface area contributed by atoms with Crippen LogP contribution in [0.4, 0.5) is 11.7 Å². The van der Waals surface area contributed by atoms with Crippen molar-refractivity contribution in [2.75, 3.05) is 38.8 Å². The van der Waals surface area contributed by atoms with E-state index in [4.69, 9.17) is 13.9 Å². The molecule has 2 aromatic rings. The number of fused-ring (bicyclic) bond motifs is 1. The minimum atomic E-state index is -0.460. The molecule has 2 rings (SSSR count). The fourth-order valence-corrected chi connectivity index (χ4v) is 1.72. The Hall–Kier alpha value is -2.19. The van der Waals surface area contributed by atoms with E-state index < -0.39 is 4.92 Å². The summed E-state index contributed by atoms with van der Waals surface area (Å²) in [4.78, 5) is 14.4. The van der Waals surface area contributed by atoms with Gasteiger partial charge in [-0.05, 0) is 12.5 Å². The topological polar surface area (TPSA) is 99.7 Å². The van der Waals surface area contributed by atoms with Crippen molar-refractivity contribution < 1.29 is 18.8 Å². The number of benzene rings is 1. The van der Waals surface area contributed by atoms with Crippen molar-refractivity contribution in [1.82, 2.24) is 4.98 Å². The van der Waals surface area contributed by atoms with Crippen LogP contribution in [0.5, 0.6) is 0 Å². The summed E-state index contributed by atoms with van der Waals surface area (Å²) >= 11 is 0. The van der Waals surface area contributed by atoms with Gasteiger partial charge in [0.05, 0.1) is 18.1 Å². The third-order valence-electron chi connectivity index (χ3n) is 2.76. The Morgan fingerprint density at radius 2 is 2.24 bits per heavy atom. The van der Waals surface area contributed by atoms with E-state index in [0.29, 0.717) is 43.5 Å². The lowest BCUT2D eigenvalue weighted by molar-refractivity contribution is -0.384. The van der Waals surface area contributed by atoms with Crippen LogP contribution in [0.2, 0.25) is 0 Å². The van der Waals surface area contributed by atoms with Crippen molar-refractivity contribution in [2.45, 2.75) is 6.42 Å². The van der Waals surface area contributed by atoms with Crippen molar-refractivity contribution in [3.63, 3.8) is 0 Å². The normalized spacial score (nSPS) is 10.9. The fourth-order valence-electron chi connectivity index (χ4n) is 1.72. The molecule has 0 spiro atoms. The number of anilines is 1. The van der Waals surface area contributed by atoms with Crippen LogP contribution in [0.3, 0.4) is 0 Å². The van der Waals surface area contributed by atoms with Crippen LogP contribution >= 0.6 is 0 Å². The van der Waals surface area contributed by atoms with E-state index in [2.05, 4.69) is 10.3 Å². The summed E-state index contributed by atoms with van der Waals surface area (Å²) in [6, 6.07) is 4.67. The Kier molecular flexibility index (Phi) is 5.47. The van der Waals surface area contributed by atoms with Gasteiger partial charge in [0.15, 0.2) is 5.58 Å². The standard InChI is InChI=1S/C13H17N3O5/c1-19-7-8-20-6-2-5-14-13-15-11-9-10(16(17)18)3-4-12(11)21-13/h3-4,9H,2,5-8H2,1H3,(H,14,15). The molecule has 1 aromatic carbocycles. The van der Waals surface area contributed by atoms with Gasteiger partial charge >= 0.3 is 0 Å². The van der Waals surface area contributed by atoms with Gasteiger partial charge in [-0.3, -0.25) is 10.1 Å². The maximum atomic E-state index is 10.7. The first kappa shape index (κ1) is 15.2. The molecule has 0 saturated heterocycles. The summed E-state index contributed by atoms with van der Waals surface area (Å²) in [7, 11) is 1.63. The molecule has 1 aromatic heterocycles. The summed E-state index contributed by atoms with van der Waals surface area (Å²) in [5.41, 5.74) is 0.969. The van der Waals surface area contributed by atoms with E-state index in [1.54, 1.807) is 13.2 Å². The van der Waals surface area contributed by atoms with Crippen molar-refractivity contribution in [3.8, 4) is 0 Å². The molecule has 0 atom stereocenters. The zero-order valence-corrected chi connectivity index (χ0v) is 11.7. The van der Waals surface area contributed by atoms with Gasteiger partial charge in [-0.1, -0.05) is 0 Å². The highest BCUT2D eigenvalue weighted by molar-refractivity contribution is 5.77. The van der Waals surface area contributed by atoms with Crippen LogP contribution in [0.15, 0.2) is 22.6 Å². The van der Waals surface area contributed by atoms with Gasteiger partial charge in [0.25, 0.3) is 11.7 Å². The Bertz CT molecular complexity index is 599. The number of hydrogen-bond acceptors (Lipinski definition) is 7. The number of methoxy groups -OCH3 is 1. The molecule has 0 aliphatic carbocycles. The Balaban J connectivity index is 1.81. The number of rotatable bonds is 9. The monoisotopic (exact) mass is 295 g/mol. The predicted octanol–water partition coefficient (Wildman–Crippen LogP) is 2.20. The highest BCUT2D eigenvalue weighted by Gasteiger charge is 2.11. The molecule has 0 fully saturated rings. The lowest BCUT2D eigenvalue weighted by Crippen LogP contribution is -2.08. The Morgan fingerprint density at radius 3 is 3.00 bits per heavy atom. The predicted molar refractivity (Wildman–Crippen MR) is 76.5 cm³/mol. The van der Waals surface area contributed by atoms with Gasteiger partial charge < -0.3 is 19.2 Å². The summed E-state index contributed by atoms with van der Waals surface area (Å²) in [6.07, 6.45) is 0.794. The number of nitro benzene ring substituents is 1. The SMILES string of the molecule is COCCOCCCNc1nc2cc([N+](=O)[O-])ccc2o1. The molecule has 1 heterocycles. The minimum Gasteiger partial charge on any atom is -0.424 e. The molecule has 0 saturated carbocycles. The molecule has 0 bridgehead atoms. The van der Waals surface area contributed by atoms with Crippen LogP contribution in [-0.2, 0) is 9.47 Å². The van der Waals surface area contributed by atoms with E-state index in [1.807, 2.05) is 0 Å². The lowest BCUT2D eigenvalue weighted by atomic mass is 10.3. The maximum Gasteiger partial charge on any atom is 0.295 e. The second-order valence-corrected chi connectivity index (χ2v) is 4.31. The Labute approximate surface area is 121 Å². The number of hydrogen-bond donors (Lipinski definition) is 1. The zero-order valence-electron chi connectivity index (χ0n) is 11.7. The van der Waals surface area contributed by atoms with E-state index in [0.717, 1.165) is 6.42 Å². The van der Waals surface area contributed by atoms with E-state index in [9.17, 15) is 10.1 Å². The molecule has 0 unspecified atom stereocenters. The summed E-state index contributed by atoms with van der Waals surface area (Å²) in [5.74, 6) is 0. The van der Waals surface area contributed by atoms with E-state index in [-0.39, 0.29) is 5.69 Å². The summed E-state index contributed by atoms with van der Waals surface area (Å²) < 4.78 is 15.6. The highest BCUT2D eigenvalue weighted by atomic mass is 16.6. The third-order valence-corrected chi connectivity index (χ3v) is 2.76. The van der Waals surface area contributed by atoms with Gasteiger partial charge in [-0.15, -0.1) is 0 Å². The summed E-state index contributed by atoms with van der Waals surface area (Å²) in [5, 5.41) is 13.7. The third kappa shape index (κ3) is 4.40. The molecular weight excluding hydrogens is 278 g/mol. The number of oxazole rings is 1. The molecule has 0 aliphatic rings. The highest BCUT2D eigenvalue weighted by Crippen LogP contribution is 2.23. The number of nitrogens with zero attached hydrogens (tertiary/aromatic N) is 2. The number of aromatic nitrogens is 1. The molecule has 21 heavy (non-hydrogen) atoms. The van der Waals surface area contributed by atoms with Gasteiger partial charge in [-0.2, -0.15) is 4.98 Å². The van der Waals surface area contributed by atoms with Crippen LogP contribution in [-0.4, -0.2) is 43.4 Å². The fraction of sp³-hybridized carbons (Fsp3) is 0.462. The average molecular weight is 295 g/mol. The molecule has 8 heteroatoms. The molecule has 0 radical (unpaired) electrons. The zero-order chi connectivity index (χ0) is 15.1. The first-order valence-corrected chi connectivity index (χ1v) is 6.56. The minimum absolute atomic E-state index is 0.00565. The molecule has 8 nitrogen and oxygen atoms in total. The van der Waals surface area contributed by atoms with Crippen LogP contribution < -0.4 is 5.32 Å². The molecule has 1 N–H and O–H groups in total. The number of nitrogens with one attached hydrogen (secondary N) is 1.